The molecular weight excluding hydrogens is 396 g/mol. The van der Waals surface area contributed by atoms with Crippen LogP contribution in [0.4, 0.5) is 0 Å². The summed E-state index contributed by atoms with van der Waals surface area (Å²) in [6.45, 7) is 7.03. The van der Waals surface area contributed by atoms with Crippen LogP contribution in [0.5, 0.6) is 0 Å². The Morgan fingerprint density at radius 2 is 2.04 bits per heavy atom. The lowest BCUT2D eigenvalue weighted by atomic mass is 10.1. The van der Waals surface area contributed by atoms with Gasteiger partial charge in [0.15, 0.2) is 11.9 Å². The van der Waals surface area contributed by atoms with Gasteiger partial charge in [0, 0.05) is 21.4 Å². The molecule has 0 amide bonds. The standard InChI is InChI=1S/C20H18N2O4S2/c1-9-10(2)25-11(3)15(9)20(24)26-12(4)17-21-18(23)16-13(8-28-19(16)22-17)14-6-5-7-27-14/h5-8,12H,1-4H3,(H,21,22,23)/t12-/m1/s1. The monoisotopic (exact) mass is 414 g/mol. The van der Waals surface area contributed by atoms with Crippen molar-refractivity contribution in [1.82, 2.24) is 9.97 Å². The average Bonchev–Trinajstić information content (AvgIpc) is 3.35. The second kappa shape index (κ2) is 7.03. The molecule has 28 heavy (non-hydrogen) atoms. The fraction of sp³-hybridized carbons (Fsp3) is 0.250. The average molecular weight is 415 g/mol. The molecule has 0 bridgehead atoms. The van der Waals surface area contributed by atoms with Crippen molar-refractivity contribution < 1.29 is 13.9 Å². The van der Waals surface area contributed by atoms with E-state index in [1.54, 1.807) is 32.1 Å². The van der Waals surface area contributed by atoms with Gasteiger partial charge in [-0.2, -0.15) is 0 Å². The Balaban J connectivity index is 1.66. The third kappa shape index (κ3) is 3.08. The largest absolute Gasteiger partial charge is 0.465 e. The van der Waals surface area contributed by atoms with E-state index in [1.807, 2.05) is 29.8 Å². The highest BCUT2D eigenvalue weighted by molar-refractivity contribution is 7.18. The SMILES string of the molecule is Cc1oc(C)c(C(=O)O[C@H](C)c2nc3scc(-c4cccs4)c3c(=O)[nH]2)c1C. The maximum absolute atomic E-state index is 12.7. The molecule has 4 rings (SSSR count). The van der Waals surface area contributed by atoms with Crippen LogP contribution in [-0.2, 0) is 4.74 Å². The molecule has 0 aliphatic heterocycles. The summed E-state index contributed by atoms with van der Waals surface area (Å²) in [5.41, 5.74) is 1.81. The number of furan rings is 1. The van der Waals surface area contributed by atoms with Crippen molar-refractivity contribution in [1.29, 1.82) is 0 Å². The number of esters is 1. The van der Waals surface area contributed by atoms with Gasteiger partial charge in [-0.15, -0.1) is 22.7 Å². The fourth-order valence-corrected chi connectivity index (χ4v) is 4.91. The van der Waals surface area contributed by atoms with Gasteiger partial charge in [-0.25, -0.2) is 9.78 Å². The van der Waals surface area contributed by atoms with Gasteiger partial charge in [0.1, 0.15) is 21.9 Å². The van der Waals surface area contributed by atoms with Gasteiger partial charge >= 0.3 is 5.97 Å². The van der Waals surface area contributed by atoms with Gasteiger partial charge in [0.2, 0.25) is 0 Å². The molecule has 0 aliphatic carbocycles. The summed E-state index contributed by atoms with van der Waals surface area (Å²) in [5.74, 6) is 1.03. The highest BCUT2D eigenvalue weighted by Crippen LogP contribution is 2.34. The first-order chi connectivity index (χ1) is 13.4. The Labute approximate surface area is 168 Å². The molecular formula is C20H18N2O4S2. The smallest absolute Gasteiger partial charge is 0.342 e. The number of aromatic nitrogens is 2. The fourth-order valence-electron chi connectivity index (χ4n) is 3.14. The molecule has 0 radical (unpaired) electrons. The molecule has 0 saturated heterocycles. The Morgan fingerprint density at radius 1 is 1.25 bits per heavy atom. The summed E-state index contributed by atoms with van der Waals surface area (Å²) in [7, 11) is 0. The summed E-state index contributed by atoms with van der Waals surface area (Å²) >= 11 is 2.97. The van der Waals surface area contributed by atoms with E-state index in [-0.39, 0.29) is 5.56 Å². The molecule has 4 aromatic rings. The zero-order chi connectivity index (χ0) is 20.0. The number of fused-ring (bicyclic) bond motifs is 1. The second-order valence-electron chi connectivity index (χ2n) is 6.52. The molecule has 0 unspecified atom stereocenters. The number of thiophene rings is 2. The van der Waals surface area contributed by atoms with E-state index in [0.29, 0.717) is 33.1 Å². The number of ether oxygens (including phenoxy) is 1. The van der Waals surface area contributed by atoms with Crippen LogP contribution >= 0.6 is 22.7 Å². The first-order valence-electron chi connectivity index (χ1n) is 8.69. The molecule has 4 aromatic heterocycles. The van der Waals surface area contributed by atoms with Crippen LogP contribution in [0, 0.1) is 20.8 Å². The molecule has 1 atom stereocenters. The Bertz CT molecular complexity index is 1230. The Morgan fingerprint density at radius 3 is 2.68 bits per heavy atom. The number of nitrogens with zero attached hydrogens (tertiary/aromatic N) is 1. The maximum Gasteiger partial charge on any atom is 0.342 e. The molecule has 4 heterocycles. The number of carbonyl (C=O) groups is 1. The Kier molecular flexibility index (Phi) is 4.68. The van der Waals surface area contributed by atoms with Gasteiger partial charge in [0.05, 0.1) is 5.39 Å². The van der Waals surface area contributed by atoms with Gasteiger partial charge in [-0.1, -0.05) is 6.07 Å². The summed E-state index contributed by atoms with van der Waals surface area (Å²) in [5, 5.41) is 4.46. The number of aryl methyl sites for hydroxylation is 2. The molecule has 0 aliphatic rings. The quantitative estimate of drug-likeness (QED) is 0.467. The van der Waals surface area contributed by atoms with E-state index in [1.165, 1.54) is 11.3 Å². The van der Waals surface area contributed by atoms with E-state index in [9.17, 15) is 9.59 Å². The van der Waals surface area contributed by atoms with Gasteiger partial charge in [0.25, 0.3) is 5.56 Å². The predicted octanol–water partition coefficient (Wildman–Crippen LogP) is 5.15. The molecule has 0 spiro atoms. The number of aromatic amines is 1. The lowest BCUT2D eigenvalue weighted by Gasteiger charge is -2.12. The Hall–Kier alpha value is -2.71. The topological polar surface area (TPSA) is 85.2 Å². The van der Waals surface area contributed by atoms with Crippen LogP contribution in [0.1, 0.15) is 46.3 Å². The van der Waals surface area contributed by atoms with Crippen molar-refractivity contribution in [2.24, 2.45) is 0 Å². The number of hydrogen-bond donors (Lipinski definition) is 1. The highest BCUT2D eigenvalue weighted by atomic mass is 32.1. The van der Waals surface area contributed by atoms with Crippen molar-refractivity contribution in [2.75, 3.05) is 0 Å². The number of rotatable bonds is 4. The van der Waals surface area contributed by atoms with Crippen molar-refractivity contribution in [3.8, 4) is 10.4 Å². The molecule has 0 fully saturated rings. The lowest BCUT2D eigenvalue weighted by molar-refractivity contribution is 0.0317. The number of H-pyrrole nitrogens is 1. The predicted molar refractivity (Wildman–Crippen MR) is 110 cm³/mol. The van der Waals surface area contributed by atoms with Gasteiger partial charge in [-0.05, 0) is 39.1 Å². The zero-order valence-electron chi connectivity index (χ0n) is 15.8. The third-order valence-electron chi connectivity index (χ3n) is 4.68. The molecule has 6 nitrogen and oxygen atoms in total. The van der Waals surface area contributed by atoms with Gasteiger partial charge in [-0.3, -0.25) is 4.79 Å². The van der Waals surface area contributed by atoms with Crippen LogP contribution in [0.2, 0.25) is 0 Å². The lowest BCUT2D eigenvalue weighted by Crippen LogP contribution is -2.17. The molecule has 8 heteroatoms. The highest BCUT2D eigenvalue weighted by Gasteiger charge is 2.24. The zero-order valence-corrected chi connectivity index (χ0v) is 17.4. The number of nitrogens with one attached hydrogen (secondary N) is 1. The van der Waals surface area contributed by atoms with E-state index in [4.69, 9.17) is 9.15 Å². The molecule has 0 saturated carbocycles. The first-order valence-corrected chi connectivity index (χ1v) is 10.5. The minimum atomic E-state index is -0.703. The maximum atomic E-state index is 12.7. The van der Waals surface area contributed by atoms with Crippen LogP contribution in [-0.4, -0.2) is 15.9 Å². The third-order valence-corrected chi connectivity index (χ3v) is 6.46. The van der Waals surface area contributed by atoms with Crippen molar-refractivity contribution >= 4 is 38.9 Å². The van der Waals surface area contributed by atoms with E-state index in [0.717, 1.165) is 16.0 Å². The second-order valence-corrected chi connectivity index (χ2v) is 8.33. The summed E-state index contributed by atoms with van der Waals surface area (Å²) in [6, 6.07) is 3.92. The van der Waals surface area contributed by atoms with Crippen LogP contribution in [0.3, 0.4) is 0 Å². The minimum absolute atomic E-state index is 0.237. The molecule has 144 valence electrons. The first kappa shape index (κ1) is 18.6. The van der Waals surface area contributed by atoms with Gasteiger partial charge < -0.3 is 14.1 Å². The summed E-state index contributed by atoms with van der Waals surface area (Å²) in [6.07, 6.45) is -0.703. The van der Waals surface area contributed by atoms with Crippen molar-refractivity contribution in [3.05, 3.63) is 61.7 Å². The summed E-state index contributed by atoms with van der Waals surface area (Å²) in [4.78, 5) is 34.2. The van der Waals surface area contributed by atoms with Crippen molar-refractivity contribution in [2.45, 2.75) is 33.8 Å². The van der Waals surface area contributed by atoms with Crippen LogP contribution in [0.25, 0.3) is 20.7 Å². The molecule has 1 N–H and O–H groups in total. The minimum Gasteiger partial charge on any atom is -0.465 e. The van der Waals surface area contributed by atoms with E-state index < -0.39 is 12.1 Å². The molecule has 0 aromatic carbocycles. The normalized spacial score (nSPS) is 12.4. The number of hydrogen-bond acceptors (Lipinski definition) is 7. The number of carbonyl (C=O) groups excluding carboxylic acids is 1. The van der Waals surface area contributed by atoms with E-state index >= 15 is 0 Å². The van der Waals surface area contributed by atoms with Crippen LogP contribution in [0.15, 0.2) is 32.1 Å². The van der Waals surface area contributed by atoms with Crippen molar-refractivity contribution in [3.63, 3.8) is 0 Å². The van der Waals surface area contributed by atoms with Crippen LogP contribution < -0.4 is 5.56 Å². The van der Waals surface area contributed by atoms with E-state index in [2.05, 4.69) is 9.97 Å². The summed E-state index contributed by atoms with van der Waals surface area (Å²) < 4.78 is 11.1.